The molecule has 4 N–H and O–H groups in total. The molecule has 9 heteroatoms. The molecule has 1 aromatic heterocycles. The van der Waals surface area contributed by atoms with E-state index in [1.807, 2.05) is 0 Å². The predicted molar refractivity (Wildman–Crippen MR) is 47.7 cm³/mol. The molecule has 13 heavy (non-hydrogen) atoms. The second-order valence-electron chi connectivity index (χ2n) is 2.20. The van der Waals surface area contributed by atoms with Crippen LogP contribution in [0.3, 0.4) is 0 Å². The van der Waals surface area contributed by atoms with Crippen molar-refractivity contribution in [2.24, 2.45) is 0 Å². The SMILES string of the molecule is O=P(O)(O)c1ccsc1P(=O)(O)O. The van der Waals surface area contributed by atoms with Gasteiger partial charge in [0.1, 0.15) is 4.62 Å². The molecule has 1 rings (SSSR count). The first-order valence-corrected chi connectivity index (χ1v) is 7.03. The number of hydrogen-bond donors (Lipinski definition) is 4. The molecule has 0 unspecified atom stereocenters. The molecular weight excluding hydrogens is 238 g/mol. The van der Waals surface area contributed by atoms with Crippen LogP contribution in [0.1, 0.15) is 0 Å². The summed E-state index contributed by atoms with van der Waals surface area (Å²) in [4.78, 5) is 34.8. The third-order valence-corrected chi connectivity index (χ3v) is 5.05. The summed E-state index contributed by atoms with van der Waals surface area (Å²) in [5, 5.41) is 0.633. The molecule has 1 heterocycles. The van der Waals surface area contributed by atoms with Crippen LogP contribution in [0.15, 0.2) is 11.4 Å². The minimum absolute atomic E-state index is 0.569. The Morgan fingerprint density at radius 3 is 1.92 bits per heavy atom. The highest BCUT2D eigenvalue weighted by Crippen LogP contribution is 2.41. The van der Waals surface area contributed by atoms with Gasteiger partial charge in [0.25, 0.3) is 0 Å². The summed E-state index contributed by atoms with van der Waals surface area (Å²) in [6.45, 7) is 0. The number of rotatable bonds is 2. The minimum atomic E-state index is -4.59. The van der Waals surface area contributed by atoms with Crippen molar-refractivity contribution in [3.63, 3.8) is 0 Å². The van der Waals surface area contributed by atoms with E-state index in [0.29, 0.717) is 11.3 Å². The van der Waals surface area contributed by atoms with E-state index < -0.39 is 25.1 Å². The lowest BCUT2D eigenvalue weighted by molar-refractivity contribution is 0.382. The Balaban J connectivity index is 3.35. The fraction of sp³-hybridized carbons (Fsp3) is 0. The smallest absolute Gasteiger partial charge is 0.321 e. The summed E-state index contributed by atoms with van der Waals surface area (Å²) in [5.41, 5.74) is 0. The molecule has 0 aliphatic carbocycles. The summed E-state index contributed by atoms with van der Waals surface area (Å²) in [5.74, 6) is 0. The maximum Gasteiger partial charge on any atom is 0.367 e. The molecule has 1 aromatic rings. The lowest BCUT2D eigenvalue weighted by Gasteiger charge is -2.05. The molecule has 0 saturated heterocycles. The minimum Gasteiger partial charge on any atom is -0.321 e. The first-order chi connectivity index (χ1) is 5.73. The second kappa shape index (κ2) is 3.29. The molecule has 0 spiro atoms. The Hall–Kier alpha value is -0.0000000000000000971. The van der Waals surface area contributed by atoms with Crippen molar-refractivity contribution in [3.05, 3.63) is 11.4 Å². The Bertz CT molecular complexity index is 362. The molecular formula is C4H6O6P2S. The van der Waals surface area contributed by atoms with Gasteiger partial charge in [-0.3, -0.25) is 9.13 Å². The van der Waals surface area contributed by atoms with Gasteiger partial charge in [-0.2, -0.15) is 0 Å². The Labute approximate surface area is 77.2 Å². The highest BCUT2D eigenvalue weighted by atomic mass is 32.1. The van der Waals surface area contributed by atoms with Crippen molar-refractivity contribution in [1.82, 2.24) is 0 Å². The van der Waals surface area contributed by atoms with Gasteiger partial charge in [-0.25, -0.2) is 0 Å². The second-order valence-corrected chi connectivity index (χ2v) is 6.52. The molecule has 0 saturated carbocycles. The van der Waals surface area contributed by atoms with Crippen LogP contribution in [-0.2, 0) is 9.13 Å². The van der Waals surface area contributed by atoms with Crippen molar-refractivity contribution in [2.45, 2.75) is 0 Å². The average molecular weight is 244 g/mol. The van der Waals surface area contributed by atoms with E-state index in [-0.39, 0.29) is 0 Å². The molecule has 0 fully saturated rings. The maximum atomic E-state index is 10.7. The zero-order valence-electron chi connectivity index (χ0n) is 6.06. The van der Waals surface area contributed by atoms with Crippen molar-refractivity contribution in [1.29, 1.82) is 0 Å². The van der Waals surface area contributed by atoms with E-state index in [1.54, 1.807) is 0 Å². The third-order valence-electron chi connectivity index (χ3n) is 1.20. The number of thiophene rings is 1. The molecule has 0 atom stereocenters. The fourth-order valence-corrected chi connectivity index (χ4v) is 4.28. The molecule has 0 aromatic carbocycles. The molecule has 0 amide bonds. The van der Waals surface area contributed by atoms with Gasteiger partial charge in [0, 0.05) is 0 Å². The van der Waals surface area contributed by atoms with Crippen LogP contribution in [0.2, 0.25) is 0 Å². The van der Waals surface area contributed by atoms with Gasteiger partial charge in [-0.15, -0.1) is 11.3 Å². The van der Waals surface area contributed by atoms with Crippen LogP contribution < -0.4 is 9.92 Å². The maximum absolute atomic E-state index is 10.7. The molecule has 6 nitrogen and oxygen atoms in total. The summed E-state index contributed by atoms with van der Waals surface area (Å²) in [6, 6.07) is 1.01. The number of hydrogen-bond acceptors (Lipinski definition) is 3. The molecule has 74 valence electrons. The van der Waals surface area contributed by atoms with Crippen molar-refractivity contribution >= 4 is 36.5 Å². The topological polar surface area (TPSA) is 115 Å². The average Bonchev–Trinajstić information content (AvgIpc) is 2.27. The Kier molecular flexibility index (Phi) is 2.81. The first-order valence-electron chi connectivity index (χ1n) is 2.92. The lowest BCUT2D eigenvalue weighted by atomic mass is 10.7. The van der Waals surface area contributed by atoms with Gasteiger partial charge in [-0.05, 0) is 11.4 Å². The van der Waals surface area contributed by atoms with Gasteiger partial charge in [-0.1, -0.05) is 0 Å². The monoisotopic (exact) mass is 244 g/mol. The summed E-state index contributed by atoms with van der Waals surface area (Å²) in [7, 11) is -9.16. The molecule has 0 aliphatic heterocycles. The standard InChI is InChI=1S/C4H6O6P2S/c5-11(6,7)3-1-2-13-4(3)12(8,9)10/h1-2H,(H2,5,6,7)(H2,8,9,10). The van der Waals surface area contributed by atoms with Gasteiger partial charge >= 0.3 is 15.2 Å². The third kappa shape index (κ3) is 2.48. The van der Waals surface area contributed by atoms with Crippen LogP contribution in [0, 0.1) is 0 Å². The first kappa shape index (κ1) is 11.1. The van der Waals surface area contributed by atoms with Crippen LogP contribution in [0.25, 0.3) is 0 Å². The van der Waals surface area contributed by atoms with E-state index in [1.165, 1.54) is 5.38 Å². The van der Waals surface area contributed by atoms with E-state index in [2.05, 4.69) is 0 Å². The summed E-state index contributed by atoms with van der Waals surface area (Å²) in [6.07, 6.45) is 0. The molecule has 0 aliphatic rings. The predicted octanol–water partition coefficient (Wildman–Crippen LogP) is -0.646. The van der Waals surface area contributed by atoms with E-state index in [4.69, 9.17) is 19.6 Å². The van der Waals surface area contributed by atoms with E-state index >= 15 is 0 Å². The zero-order chi connectivity index (χ0) is 10.3. The van der Waals surface area contributed by atoms with Crippen LogP contribution in [0.4, 0.5) is 0 Å². The largest absolute Gasteiger partial charge is 0.367 e. The lowest BCUT2D eigenvalue weighted by Crippen LogP contribution is -2.19. The van der Waals surface area contributed by atoms with Gasteiger partial charge in [0.05, 0.1) is 5.30 Å². The van der Waals surface area contributed by atoms with E-state index in [0.717, 1.165) is 6.07 Å². The van der Waals surface area contributed by atoms with Crippen LogP contribution >= 0.6 is 26.5 Å². The van der Waals surface area contributed by atoms with Crippen LogP contribution in [-0.4, -0.2) is 19.6 Å². The van der Waals surface area contributed by atoms with Gasteiger partial charge in [0.15, 0.2) is 0 Å². The molecule has 0 radical (unpaired) electrons. The van der Waals surface area contributed by atoms with Gasteiger partial charge in [0.2, 0.25) is 0 Å². The van der Waals surface area contributed by atoms with Crippen LogP contribution in [0.5, 0.6) is 0 Å². The fourth-order valence-electron chi connectivity index (χ4n) is 0.734. The Morgan fingerprint density at radius 1 is 1.08 bits per heavy atom. The Morgan fingerprint density at radius 2 is 1.62 bits per heavy atom. The van der Waals surface area contributed by atoms with Crippen molar-refractivity contribution in [2.75, 3.05) is 0 Å². The normalized spacial score (nSPS) is 13.2. The highest BCUT2D eigenvalue weighted by Gasteiger charge is 2.31. The summed E-state index contributed by atoms with van der Waals surface area (Å²) >= 11 is 0.628. The van der Waals surface area contributed by atoms with E-state index in [9.17, 15) is 9.13 Å². The van der Waals surface area contributed by atoms with Gasteiger partial charge < -0.3 is 19.6 Å². The quantitative estimate of drug-likeness (QED) is 0.514. The van der Waals surface area contributed by atoms with Crippen molar-refractivity contribution < 1.29 is 28.7 Å². The van der Waals surface area contributed by atoms with Crippen molar-refractivity contribution in [3.8, 4) is 0 Å². The highest BCUT2D eigenvalue weighted by molar-refractivity contribution is 7.72. The summed E-state index contributed by atoms with van der Waals surface area (Å²) < 4.78 is 20.9. The zero-order valence-corrected chi connectivity index (χ0v) is 8.67. The molecule has 0 bridgehead atoms.